The molecule has 6 nitrogen and oxygen atoms in total. The molecule has 148 valence electrons. The molecule has 3 N–H and O–H groups in total. The van der Waals surface area contributed by atoms with Crippen LogP contribution in [-0.4, -0.2) is 45.7 Å². The van der Waals surface area contributed by atoms with E-state index in [1.165, 1.54) is 5.56 Å². The summed E-state index contributed by atoms with van der Waals surface area (Å²) in [6.45, 7) is 8.03. The minimum absolute atomic E-state index is 0. The summed E-state index contributed by atoms with van der Waals surface area (Å²) < 4.78 is 5.19. The van der Waals surface area contributed by atoms with Crippen LogP contribution in [-0.2, 0) is 4.79 Å². The summed E-state index contributed by atoms with van der Waals surface area (Å²) in [5, 5.41) is 9.38. The van der Waals surface area contributed by atoms with Crippen LogP contribution in [0.4, 0.5) is 0 Å². The van der Waals surface area contributed by atoms with Crippen molar-refractivity contribution in [3.8, 4) is 5.75 Å². The lowest BCUT2D eigenvalue weighted by atomic mass is 9.98. The minimum atomic E-state index is 0. The lowest BCUT2D eigenvalue weighted by Crippen LogP contribution is -2.42. The zero-order valence-electron chi connectivity index (χ0n) is 16.5. The number of hydrogen-bond donors (Lipinski definition) is 3. The van der Waals surface area contributed by atoms with Gasteiger partial charge >= 0.3 is 0 Å². The molecule has 0 bridgehead atoms. The Morgan fingerprint density at radius 2 is 1.62 bits per heavy atom. The Hall–Kier alpha value is -1.51. The van der Waals surface area contributed by atoms with Crippen molar-refractivity contribution in [1.82, 2.24) is 16.0 Å². The van der Waals surface area contributed by atoms with E-state index in [0.29, 0.717) is 19.0 Å². The summed E-state index contributed by atoms with van der Waals surface area (Å²) in [5.41, 5.74) is 1.29. The van der Waals surface area contributed by atoms with Crippen LogP contribution < -0.4 is 20.7 Å². The van der Waals surface area contributed by atoms with Crippen LogP contribution in [0.5, 0.6) is 5.75 Å². The average Bonchev–Trinajstić information content (AvgIpc) is 2.63. The fourth-order valence-electron chi connectivity index (χ4n) is 2.30. The highest BCUT2D eigenvalue weighted by molar-refractivity contribution is 14.0. The molecule has 0 spiro atoms. The van der Waals surface area contributed by atoms with E-state index in [2.05, 4.69) is 40.0 Å². The Kier molecular flexibility index (Phi) is 12.9. The van der Waals surface area contributed by atoms with Crippen LogP contribution in [0.1, 0.15) is 38.7 Å². The molecule has 0 saturated carbocycles. The predicted molar refractivity (Wildman–Crippen MR) is 119 cm³/mol. The van der Waals surface area contributed by atoms with Crippen LogP contribution in [0.15, 0.2) is 29.3 Å². The second-order valence-corrected chi connectivity index (χ2v) is 6.33. The molecule has 1 unspecified atom stereocenters. The standard InChI is InChI=1S/C19H32N4O2.HI/c1-14(2)18(24)21-12-13-23-19(20-4)22-11-10-15(3)16-6-8-17(25-5)9-7-16;/h6-9,14-15H,10-13H2,1-5H3,(H,21,24)(H2,20,22,23);1H. The maximum Gasteiger partial charge on any atom is 0.222 e. The van der Waals surface area contributed by atoms with Crippen molar-refractivity contribution >= 4 is 35.8 Å². The molecule has 0 fully saturated rings. The quantitative estimate of drug-likeness (QED) is 0.222. The van der Waals surface area contributed by atoms with Crippen molar-refractivity contribution < 1.29 is 9.53 Å². The highest BCUT2D eigenvalue weighted by Gasteiger charge is 2.07. The molecule has 0 aliphatic carbocycles. The molecule has 0 aliphatic rings. The average molecular weight is 476 g/mol. The van der Waals surface area contributed by atoms with Crippen LogP contribution in [0, 0.1) is 5.92 Å². The zero-order valence-corrected chi connectivity index (χ0v) is 18.8. The third-order valence-electron chi connectivity index (χ3n) is 4.02. The van der Waals surface area contributed by atoms with Gasteiger partial charge < -0.3 is 20.7 Å². The van der Waals surface area contributed by atoms with Crippen molar-refractivity contribution in [2.24, 2.45) is 10.9 Å². The number of carbonyl (C=O) groups is 1. The normalized spacial score (nSPS) is 12.2. The van der Waals surface area contributed by atoms with Crippen molar-refractivity contribution in [3.63, 3.8) is 0 Å². The first-order chi connectivity index (χ1) is 12.0. The molecule has 1 aromatic rings. The van der Waals surface area contributed by atoms with Gasteiger partial charge in [0, 0.05) is 32.6 Å². The van der Waals surface area contributed by atoms with Crippen LogP contribution in [0.25, 0.3) is 0 Å². The molecule has 0 aromatic heterocycles. The molecule has 0 heterocycles. The largest absolute Gasteiger partial charge is 0.497 e. The number of benzene rings is 1. The first-order valence-corrected chi connectivity index (χ1v) is 8.84. The van der Waals surface area contributed by atoms with Gasteiger partial charge in [-0.3, -0.25) is 9.79 Å². The molecule has 1 atom stereocenters. The minimum Gasteiger partial charge on any atom is -0.497 e. The van der Waals surface area contributed by atoms with Crippen LogP contribution in [0.2, 0.25) is 0 Å². The number of nitrogens with one attached hydrogen (secondary N) is 3. The molecular weight excluding hydrogens is 443 g/mol. The predicted octanol–water partition coefficient (Wildman–Crippen LogP) is 2.74. The SMILES string of the molecule is CN=C(NCCNC(=O)C(C)C)NCCC(C)c1ccc(OC)cc1.I. The Morgan fingerprint density at radius 1 is 1.04 bits per heavy atom. The fourth-order valence-corrected chi connectivity index (χ4v) is 2.30. The van der Waals surface area contributed by atoms with Gasteiger partial charge in [0.1, 0.15) is 5.75 Å². The fraction of sp³-hybridized carbons (Fsp3) is 0.579. The lowest BCUT2D eigenvalue weighted by molar-refractivity contribution is -0.123. The number of rotatable bonds is 9. The number of carbonyl (C=O) groups excluding carboxylic acids is 1. The molecule has 0 saturated heterocycles. The number of halogens is 1. The number of hydrogen-bond acceptors (Lipinski definition) is 3. The van der Waals surface area contributed by atoms with Crippen molar-refractivity contribution in [1.29, 1.82) is 0 Å². The highest BCUT2D eigenvalue weighted by atomic mass is 127. The summed E-state index contributed by atoms with van der Waals surface area (Å²) in [5.74, 6) is 2.15. The van der Waals surface area contributed by atoms with E-state index in [0.717, 1.165) is 24.7 Å². The Bertz CT molecular complexity index is 547. The van der Waals surface area contributed by atoms with E-state index in [9.17, 15) is 4.79 Å². The van der Waals surface area contributed by atoms with E-state index in [1.54, 1.807) is 14.2 Å². The smallest absolute Gasteiger partial charge is 0.222 e. The monoisotopic (exact) mass is 476 g/mol. The van der Waals surface area contributed by atoms with Gasteiger partial charge in [-0.2, -0.15) is 0 Å². The van der Waals surface area contributed by atoms with E-state index < -0.39 is 0 Å². The molecule has 7 heteroatoms. The number of guanidine groups is 1. The number of ether oxygens (including phenoxy) is 1. The van der Waals surface area contributed by atoms with Gasteiger partial charge in [-0.15, -0.1) is 24.0 Å². The molecule has 0 aliphatic heterocycles. The summed E-state index contributed by atoms with van der Waals surface area (Å²) in [6.07, 6.45) is 0.997. The number of aliphatic imine (C=N–C) groups is 1. The first kappa shape index (κ1) is 24.5. The zero-order chi connectivity index (χ0) is 18.7. The van der Waals surface area contributed by atoms with Crippen molar-refractivity contribution in [2.75, 3.05) is 33.8 Å². The molecular formula is C19H33IN4O2. The van der Waals surface area contributed by atoms with Crippen LogP contribution in [0.3, 0.4) is 0 Å². The second kappa shape index (κ2) is 13.7. The van der Waals surface area contributed by atoms with Gasteiger partial charge in [0.25, 0.3) is 0 Å². The summed E-state index contributed by atoms with van der Waals surface area (Å²) in [6, 6.07) is 8.19. The van der Waals surface area contributed by atoms with E-state index in [4.69, 9.17) is 4.74 Å². The van der Waals surface area contributed by atoms with E-state index in [1.807, 2.05) is 26.0 Å². The first-order valence-electron chi connectivity index (χ1n) is 8.84. The van der Waals surface area contributed by atoms with Gasteiger partial charge in [-0.25, -0.2) is 0 Å². The maximum absolute atomic E-state index is 11.5. The molecule has 0 radical (unpaired) electrons. The Balaban J connectivity index is 0.00000625. The second-order valence-electron chi connectivity index (χ2n) is 6.33. The topological polar surface area (TPSA) is 74.8 Å². The van der Waals surface area contributed by atoms with Gasteiger partial charge in [-0.1, -0.05) is 32.9 Å². The highest BCUT2D eigenvalue weighted by Crippen LogP contribution is 2.21. The van der Waals surface area contributed by atoms with Crippen LogP contribution >= 0.6 is 24.0 Å². The number of nitrogens with zero attached hydrogens (tertiary/aromatic N) is 1. The van der Waals surface area contributed by atoms with Gasteiger partial charge in [0.05, 0.1) is 7.11 Å². The maximum atomic E-state index is 11.5. The van der Waals surface area contributed by atoms with Crippen molar-refractivity contribution in [2.45, 2.75) is 33.1 Å². The number of methoxy groups -OCH3 is 1. The Labute approximate surface area is 174 Å². The molecule has 26 heavy (non-hydrogen) atoms. The molecule has 1 aromatic carbocycles. The summed E-state index contributed by atoms with van der Waals surface area (Å²) >= 11 is 0. The van der Waals surface area contributed by atoms with E-state index >= 15 is 0 Å². The lowest BCUT2D eigenvalue weighted by Gasteiger charge is -2.16. The summed E-state index contributed by atoms with van der Waals surface area (Å²) in [7, 11) is 3.42. The summed E-state index contributed by atoms with van der Waals surface area (Å²) in [4.78, 5) is 15.7. The van der Waals surface area contributed by atoms with Crippen molar-refractivity contribution in [3.05, 3.63) is 29.8 Å². The third-order valence-corrected chi connectivity index (χ3v) is 4.02. The Morgan fingerprint density at radius 3 is 2.15 bits per heavy atom. The number of amides is 1. The van der Waals surface area contributed by atoms with Gasteiger partial charge in [0.2, 0.25) is 5.91 Å². The molecule has 1 rings (SSSR count). The third kappa shape index (κ3) is 9.26. The van der Waals surface area contributed by atoms with E-state index in [-0.39, 0.29) is 35.8 Å². The van der Waals surface area contributed by atoms with Gasteiger partial charge in [-0.05, 0) is 30.0 Å². The molecule has 1 amide bonds. The van der Waals surface area contributed by atoms with Gasteiger partial charge in [0.15, 0.2) is 5.96 Å².